The van der Waals surface area contributed by atoms with Gasteiger partial charge >= 0.3 is 5.97 Å². The van der Waals surface area contributed by atoms with Gasteiger partial charge in [-0.2, -0.15) is 0 Å². The van der Waals surface area contributed by atoms with E-state index in [9.17, 15) is 9.59 Å². The SMILES string of the molecule is CN=C1S/C(=C\c2cc(Br)c(OCC(=O)OC)c(I)c2)C(=O)N1C. The second-order valence-corrected chi connectivity index (χ2v) is 7.69. The lowest BCUT2D eigenvalue weighted by Crippen LogP contribution is -2.23. The maximum Gasteiger partial charge on any atom is 0.343 e. The molecule has 0 unspecified atom stereocenters. The molecular weight excluding hydrogens is 511 g/mol. The standard InChI is InChI=1S/C15H14BrIN2O4S/c1-18-15-19(2)14(21)11(24-15)6-8-4-9(16)13(10(17)5-8)23-7-12(20)22-3/h4-6H,7H2,1-3H3/b11-6-,18-15?. The van der Waals surface area contributed by atoms with Crippen molar-refractivity contribution in [2.45, 2.75) is 0 Å². The number of rotatable bonds is 4. The number of carbonyl (C=O) groups excluding carboxylic acids is 2. The van der Waals surface area contributed by atoms with Crippen LogP contribution >= 0.6 is 50.3 Å². The van der Waals surface area contributed by atoms with Crippen LogP contribution in [0.4, 0.5) is 0 Å². The number of amidine groups is 1. The van der Waals surface area contributed by atoms with Gasteiger partial charge in [0, 0.05) is 14.1 Å². The number of amides is 1. The van der Waals surface area contributed by atoms with Crippen LogP contribution in [0, 0.1) is 3.57 Å². The molecule has 1 aliphatic rings. The van der Waals surface area contributed by atoms with Crippen LogP contribution in [0.15, 0.2) is 26.5 Å². The number of methoxy groups -OCH3 is 1. The fourth-order valence-corrected chi connectivity index (χ4v) is 4.59. The maximum atomic E-state index is 12.2. The molecule has 0 N–H and O–H groups in total. The number of esters is 1. The third-order valence-electron chi connectivity index (χ3n) is 3.08. The Kier molecular flexibility index (Phi) is 6.70. The minimum absolute atomic E-state index is 0.0854. The first kappa shape index (κ1) is 19.3. The second kappa shape index (κ2) is 8.34. The van der Waals surface area contributed by atoms with E-state index in [1.54, 1.807) is 20.2 Å². The van der Waals surface area contributed by atoms with E-state index in [1.165, 1.54) is 23.8 Å². The van der Waals surface area contributed by atoms with Gasteiger partial charge in [-0.05, 0) is 74.1 Å². The number of benzene rings is 1. The summed E-state index contributed by atoms with van der Waals surface area (Å²) in [7, 11) is 4.66. The van der Waals surface area contributed by atoms with Gasteiger partial charge in [-0.25, -0.2) is 4.79 Å². The monoisotopic (exact) mass is 524 g/mol. The molecule has 0 aromatic heterocycles. The van der Waals surface area contributed by atoms with Crippen molar-refractivity contribution in [3.8, 4) is 5.75 Å². The normalized spacial score (nSPS) is 17.7. The first-order valence-corrected chi connectivity index (χ1v) is 9.39. The van der Waals surface area contributed by atoms with Gasteiger partial charge in [-0.15, -0.1) is 0 Å². The fourth-order valence-electron chi connectivity index (χ4n) is 1.89. The fraction of sp³-hybridized carbons (Fsp3) is 0.267. The number of nitrogens with zero attached hydrogens (tertiary/aromatic N) is 2. The zero-order valence-corrected chi connectivity index (χ0v) is 17.7. The lowest BCUT2D eigenvalue weighted by molar-refractivity contribution is -0.142. The highest BCUT2D eigenvalue weighted by Gasteiger charge is 2.29. The minimum Gasteiger partial charge on any atom is -0.480 e. The number of aliphatic imine (C=N–C) groups is 1. The molecule has 0 radical (unpaired) electrons. The summed E-state index contributed by atoms with van der Waals surface area (Å²) in [5.41, 5.74) is 0.846. The predicted molar refractivity (Wildman–Crippen MR) is 106 cm³/mol. The molecule has 0 saturated carbocycles. The topological polar surface area (TPSA) is 68.2 Å². The van der Waals surface area contributed by atoms with Gasteiger partial charge in [-0.1, -0.05) is 0 Å². The number of thioether (sulfide) groups is 1. The van der Waals surface area contributed by atoms with Crippen LogP contribution in [0.5, 0.6) is 5.75 Å². The summed E-state index contributed by atoms with van der Waals surface area (Å²) in [4.78, 5) is 29.6. The number of hydrogen-bond acceptors (Lipinski definition) is 6. The van der Waals surface area contributed by atoms with Gasteiger partial charge in [0.25, 0.3) is 5.91 Å². The Morgan fingerprint density at radius 1 is 1.50 bits per heavy atom. The summed E-state index contributed by atoms with van der Waals surface area (Å²) < 4.78 is 11.5. The molecule has 1 aromatic carbocycles. The molecule has 2 rings (SSSR count). The number of likely N-dealkylation sites (N-methyl/N-ethyl adjacent to an activating group) is 1. The van der Waals surface area contributed by atoms with Crippen LogP contribution in [-0.4, -0.2) is 49.8 Å². The summed E-state index contributed by atoms with van der Waals surface area (Å²) >= 11 is 6.88. The van der Waals surface area contributed by atoms with E-state index in [4.69, 9.17) is 4.74 Å². The Bertz CT molecular complexity index is 728. The molecule has 1 aliphatic heterocycles. The first-order chi connectivity index (χ1) is 11.4. The van der Waals surface area contributed by atoms with Crippen molar-refractivity contribution < 1.29 is 19.1 Å². The highest BCUT2D eigenvalue weighted by Crippen LogP contribution is 2.35. The van der Waals surface area contributed by atoms with Crippen LogP contribution in [0.3, 0.4) is 0 Å². The van der Waals surface area contributed by atoms with Crippen molar-refractivity contribution >= 4 is 73.4 Å². The summed E-state index contributed by atoms with van der Waals surface area (Å²) in [6.07, 6.45) is 1.80. The molecule has 0 atom stereocenters. The Morgan fingerprint density at radius 2 is 2.21 bits per heavy atom. The molecule has 6 nitrogen and oxygen atoms in total. The third-order valence-corrected chi connectivity index (χ3v) is 5.62. The van der Waals surface area contributed by atoms with Gasteiger partial charge in [-0.3, -0.25) is 14.7 Å². The first-order valence-electron chi connectivity index (χ1n) is 6.70. The smallest absolute Gasteiger partial charge is 0.343 e. The van der Waals surface area contributed by atoms with Gasteiger partial charge in [0.1, 0.15) is 5.75 Å². The van der Waals surface area contributed by atoms with E-state index in [0.717, 1.165) is 9.13 Å². The molecular formula is C15H14BrIN2O4S. The molecule has 1 aromatic rings. The molecule has 1 saturated heterocycles. The largest absolute Gasteiger partial charge is 0.480 e. The second-order valence-electron chi connectivity index (χ2n) is 4.66. The molecule has 128 valence electrons. The van der Waals surface area contributed by atoms with Crippen LogP contribution in [0.1, 0.15) is 5.56 Å². The molecule has 1 heterocycles. The molecule has 1 fully saturated rings. The quantitative estimate of drug-likeness (QED) is 0.344. The average Bonchev–Trinajstić information content (AvgIpc) is 2.81. The average molecular weight is 525 g/mol. The van der Waals surface area contributed by atoms with Gasteiger partial charge in [0.15, 0.2) is 11.8 Å². The van der Waals surface area contributed by atoms with Crippen molar-refractivity contribution in [1.82, 2.24) is 4.90 Å². The highest BCUT2D eigenvalue weighted by molar-refractivity contribution is 14.1. The Hall–Kier alpha value is -1.07. The summed E-state index contributed by atoms with van der Waals surface area (Å²) in [6.45, 7) is -0.166. The summed E-state index contributed by atoms with van der Waals surface area (Å²) in [6, 6.07) is 3.70. The maximum absolute atomic E-state index is 12.2. The molecule has 9 heteroatoms. The van der Waals surface area contributed by atoms with E-state index < -0.39 is 5.97 Å². The Balaban J connectivity index is 2.26. The van der Waals surface area contributed by atoms with Gasteiger partial charge in [0.2, 0.25) is 0 Å². The third kappa shape index (κ3) is 4.31. The Labute approximate surface area is 165 Å². The van der Waals surface area contributed by atoms with Crippen LogP contribution < -0.4 is 4.74 Å². The summed E-state index contributed by atoms with van der Waals surface area (Å²) in [5.74, 6) is 0.0190. The van der Waals surface area contributed by atoms with Gasteiger partial charge in [0.05, 0.1) is 20.1 Å². The molecule has 24 heavy (non-hydrogen) atoms. The highest BCUT2D eigenvalue weighted by atomic mass is 127. The number of halogens is 2. The zero-order valence-electron chi connectivity index (χ0n) is 13.1. The van der Waals surface area contributed by atoms with E-state index in [2.05, 4.69) is 48.3 Å². The van der Waals surface area contributed by atoms with Gasteiger partial charge < -0.3 is 9.47 Å². The van der Waals surface area contributed by atoms with Crippen LogP contribution in [0.2, 0.25) is 0 Å². The van der Waals surface area contributed by atoms with Crippen molar-refractivity contribution in [2.75, 3.05) is 27.8 Å². The van der Waals surface area contributed by atoms with Crippen LogP contribution in [0.25, 0.3) is 6.08 Å². The van der Waals surface area contributed by atoms with E-state index in [0.29, 0.717) is 20.3 Å². The Morgan fingerprint density at radius 3 is 2.75 bits per heavy atom. The van der Waals surface area contributed by atoms with E-state index >= 15 is 0 Å². The molecule has 0 bridgehead atoms. The van der Waals surface area contributed by atoms with E-state index in [-0.39, 0.29) is 12.5 Å². The molecule has 0 aliphatic carbocycles. The number of hydrogen-bond donors (Lipinski definition) is 0. The number of carbonyl (C=O) groups is 2. The van der Waals surface area contributed by atoms with E-state index in [1.807, 2.05) is 12.1 Å². The van der Waals surface area contributed by atoms with Crippen LogP contribution in [-0.2, 0) is 14.3 Å². The lowest BCUT2D eigenvalue weighted by atomic mass is 10.2. The molecule has 1 amide bonds. The summed E-state index contributed by atoms with van der Waals surface area (Å²) in [5, 5.41) is 0.665. The van der Waals surface area contributed by atoms with Crippen molar-refractivity contribution in [2.24, 2.45) is 4.99 Å². The van der Waals surface area contributed by atoms with Crippen molar-refractivity contribution in [3.05, 3.63) is 30.6 Å². The lowest BCUT2D eigenvalue weighted by Gasteiger charge is -2.10. The number of ether oxygens (including phenoxy) is 2. The van der Waals surface area contributed by atoms with Crippen molar-refractivity contribution in [3.63, 3.8) is 0 Å². The molecule has 0 spiro atoms. The minimum atomic E-state index is -0.453. The predicted octanol–water partition coefficient (Wildman–Crippen LogP) is 3.14. The van der Waals surface area contributed by atoms with Crippen molar-refractivity contribution in [1.29, 1.82) is 0 Å². The zero-order chi connectivity index (χ0) is 17.9.